The van der Waals surface area contributed by atoms with Crippen molar-refractivity contribution in [2.24, 2.45) is 0 Å². The minimum Gasteiger partial charge on any atom is -0.481 e. The van der Waals surface area contributed by atoms with Crippen molar-refractivity contribution in [1.29, 1.82) is 0 Å². The van der Waals surface area contributed by atoms with E-state index in [-0.39, 0.29) is 13.2 Å². The topological polar surface area (TPSA) is 33.7 Å². The highest BCUT2D eigenvalue weighted by Gasteiger charge is 2.27. The van der Waals surface area contributed by atoms with Crippen molar-refractivity contribution in [3.05, 3.63) is 18.2 Å². The van der Waals surface area contributed by atoms with E-state index in [1.54, 1.807) is 12.1 Å². The first-order valence-electron chi connectivity index (χ1n) is 5.93. The van der Waals surface area contributed by atoms with Crippen molar-refractivity contribution in [2.75, 3.05) is 31.1 Å². The van der Waals surface area contributed by atoms with Gasteiger partial charge in [0.15, 0.2) is 24.4 Å². The van der Waals surface area contributed by atoms with Crippen LogP contribution >= 0.6 is 0 Å². The molecule has 6 heteroatoms. The Labute approximate surface area is 103 Å². The second kappa shape index (κ2) is 4.61. The average molecular weight is 256 g/mol. The van der Waals surface area contributed by atoms with Gasteiger partial charge in [0.05, 0.1) is 12.2 Å². The lowest BCUT2D eigenvalue weighted by Gasteiger charge is -2.34. The van der Waals surface area contributed by atoms with Gasteiger partial charge in [0.25, 0.3) is 6.36 Å². The molecule has 2 aliphatic heterocycles. The Morgan fingerprint density at radius 2 is 2.22 bits per heavy atom. The van der Waals surface area contributed by atoms with Gasteiger partial charge < -0.3 is 14.4 Å². The van der Waals surface area contributed by atoms with Crippen LogP contribution in [0.3, 0.4) is 0 Å². The number of hydrogen-bond acceptors (Lipinski definition) is 4. The summed E-state index contributed by atoms with van der Waals surface area (Å²) in [4.78, 5) is 1.88. The number of para-hydroxylation sites is 1. The van der Waals surface area contributed by atoms with Gasteiger partial charge in [-0.25, -0.2) is 4.39 Å². The molecule has 2 atom stereocenters. The van der Waals surface area contributed by atoms with Crippen molar-refractivity contribution in [1.82, 2.24) is 5.32 Å². The van der Waals surface area contributed by atoms with E-state index in [2.05, 4.69) is 5.32 Å². The molecule has 1 saturated heterocycles. The zero-order chi connectivity index (χ0) is 12.5. The van der Waals surface area contributed by atoms with E-state index in [0.717, 1.165) is 5.69 Å². The standard InChI is InChI=1S/C12H14F2N2O2/c13-10-6-16(5-4-15-10)8-2-1-3-9-12(8)17-7-11(14)18-9/h1-3,10-11,15H,4-7H2. The number of ether oxygens (including phenoxy) is 2. The van der Waals surface area contributed by atoms with Crippen LogP contribution in [0.1, 0.15) is 0 Å². The number of piperazine rings is 1. The summed E-state index contributed by atoms with van der Waals surface area (Å²) in [5.74, 6) is 0.876. The maximum atomic E-state index is 13.3. The molecule has 3 rings (SSSR count). The minimum absolute atomic E-state index is 0.130. The molecule has 2 heterocycles. The molecule has 0 amide bonds. The SMILES string of the molecule is FC1CN(c2cccc3c2OCC(F)O3)CCN1. The van der Waals surface area contributed by atoms with Crippen LogP contribution in [-0.2, 0) is 0 Å². The molecule has 98 valence electrons. The molecule has 1 fully saturated rings. The Bertz CT molecular complexity index is 444. The van der Waals surface area contributed by atoms with Gasteiger partial charge in [-0.05, 0) is 12.1 Å². The summed E-state index contributed by atoms with van der Waals surface area (Å²) < 4.78 is 36.8. The second-order valence-corrected chi connectivity index (χ2v) is 4.31. The van der Waals surface area contributed by atoms with Crippen LogP contribution in [0.4, 0.5) is 14.5 Å². The first-order valence-corrected chi connectivity index (χ1v) is 5.93. The third-order valence-electron chi connectivity index (χ3n) is 3.04. The van der Waals surface area contributed by atoms with Gasteiger partial charge in [0, 0.05) is 13.1 Å². The van der Waals surface area contributed by atoms with Crippen molar-refractivity contribution in [3.63, 3.8) is 0 Å². The van der Waals surface area contributed by atoms with Crippen molar-refractivity contribution >= 4 is 5.69 Å². The van der Waals surface area contributed by atoms with E-state index in [4.69, 9.17) is 9.47 Å². The molecule has 2 unspecified atom stereocenters. The number of hydrogen-bond donors (Lipinski definition) is 1. The molecule has 18 heavy (non-hydrogen) atoms. The highest BCUT2D eigenvalue weighted by molar-refractivity contribution is 5.65. The molecule has 0 radical (unpaired) electrons. The summed E-state index contributed by atoms with van der Waals surface area (Å²) in [6, 6.07) is 5.24. The van der Waals surface area contributed by atoms with Crippen LogP contribution < -0.4 is 19.7 Å². The number of anilines is 1. The van der Waals surface area contributed by atoms with Gasteiger partial charge in [-0.1, -0.05) is 6.07 Å². The summed E-state index contributed by atoms with van der Waals surface area (Å²) in [6.07, 6.45) is -2.50. The largest absolute Gasteiger partial charge is 0.481 e. The van der Waals surface area contributed by atoms with Crippen LogP contribution in [0, 0.1) is 0 Å². The zero-order valence-corrected chi connectivity index (χ0v) is 9.73. The highest BCUT2D eigenvalue weighted by atomic mass is 19.1. The van der Waals surface area contributed by atoms with Crippen molar-refractivity contribution in [3.8, 4) is 11.5 Å². The van der Waals surface area contributed by atoms with E-state index in [1.807, 2.05) is 11.0 Å². The predicted molar refractivity (Wildman–Crippen MR) is 62.6 cm³/mol. The molecule has 4 nitrogen and oxygen atoms in total. The van der Waals surface area contributed by atoms with Crippen molar-refractivity contribution < 1.29 is 18.3 Å². The molecule has 1 aromatic carbocycles. The minimum atomic E-state index is -1.44. The van der Waals surface area contributed by atoms with E-state index < -0.39 is 12.7 Å². The summed E-state index contributed by atoms with van der Waals surface area (Å²) in [6.45, 7) is 1.37. The van der Waals surface area contributed by atoms with Gasteiger partial charge >= 0.3 is 0 Å². The molecular formula is C12H14F2N2O2. The Morgan fingerprint density at radius 1 is 1.33 bits per heavy atom. The molecular weight excluding hydrogens is 242 g/mol. The fourth-order valence-electron chi connectivity index (χ4n) is 2.24. The fourth-order valence-corrected chi connectivity index (χ4v) is 2.24. The Hall–Kier alpha value is -1.56. The van der Waals surface area contributed by atoms with E-state index in [0.29, 0.717) is 24.6 Å². The number of halogens is 2. The zero-order valence-electron chi connectivity index (χ0n) is 9.73. The number of fused-ring (bicyclic) bond motifs is 1. The summed E-state index contributed by atoms with van der Waals surface area (Å²) >= 11 is 0. The number of nitrogens with one attached hydrogen (secondary N) is 1. The first-order chi connectivity index (χ1) is 8.74. The summed E-state index contributed by atoms with van der Waals surface area (Å²) in [5.41, 5.74) is 0.753. The summed E-state index contributed by atoms with van der Waals surface area (Å²) in [7, 11) is 0. The van der Waals surface area contributed by atoms with Gasteiger partial charge in [-0.2, -0.15) is 4.39 Å². The number of benzene rings is 1. The third-order valence-corrected chi connectivity index (χ3v) is 3.04. The quantitative estimate of drug-likeness (QED) is 0.771. The van der Waals surface area contributed by atoms with Crippen LogP contribution in [0.15, 0.2) is 18.2 Å². The first kappa shape index (κ1) is 11.5. The molecule has 1 N–H and O–H groups in total. The molecule has 0 aromatic heterocycles. The van der Waals surface area contributed by atoms with Crippen LogP contribution in [-0.4, -0.2) is 38.9 Å². The Morgan fingerprint density at radius 3 is 3.06 bits per heavy atom. The fraction of sp³-hybridized carbons (Fsp3) is 0.500. The Kier molecular flexibility index (Phi) is 2.95. The maximum absolute atomic E-state index is 13.3. The molecule has 0 bridgehead atoms. The van der Waals surface area contributed by atoms with E-state index in [9.17, 15) is 8.78 Å². The van der Waals surface area contributed by atoms with Gasteiger partial charge in [-0.15, -0.1) is 0 Å². The second-order valence-electron chi connectivity index (χ2n) is 4.31. The monoisotopic (exact) mass is 256 g/mol. The van der Waals surface area contributed by atoms with Gasteiger partial charge in [0.2, 0.25) is 0 Å². The molecule has 2 aliphatic rings. The van der Waals surface area contributed by atoms with Crippen LogP contribution in [0.2, 0.25) is 0 Å². The lowest BCUT2D eigenvalue weighted by Crippen LogP contribution is -2.48. The predicted octanol–water partition coefficient (Wildman–Crippen LogP) is 1.46. The van der Waals surface area contributed by atoms with Crippen molar-refractivity contribution in [2.45, 2.75) is 12.7 Å². The van der Waals surface area contributed by atoms with Crippen LogP contribution in [0.5, 0.6) is 11.5 Å². The van der Waals surface area contributed by atoms with Gasteiger partial charge in [-0.3, -0.25) is 5.32 Å². The molecule has 0 spiro atoms. The Balaban J connectivity index is 1.90. The normalized spacial score (nSPS) is 27.1. The summed E-state index contributed by atoms with van der Waals surface area (Å²) in [5, 5.41) is 2.73. The smallest absolute Gasteiger partial charge is 0.272 e. The van der Waals surface area contributed by atoms with E-state index >= 15 is 0 Å². The third kappa shape index (κ3) is 2.08. The van der Waals surface area contributed by atoms with E-state index in [1.165, 1.54) is 0 Å². The lowest BCUT2D eigenvalue weighted by molar-refractivity contribution is -0.00265. The number of alkyl halides is 2. The highest BCUT2D eigenvalue weighted by Crippen LogP contribution is 2.40. The maximum Gasteiger partial charge on any atom is 0.272 e. The lowest BCUT2D eigenvalue weighted by atomic mass is 10.2. The number of nitrogens with zero attached hydrogens (tertiary/aromatic N) is 1. The van der Waals surface area contributed by atoms with Gasteiger partial charge in [0.1, 0.15) is 0 Å². The number of rotatable bonds is 1. The molecule has 1 aromatic rings. The molecule has 0 saturated carbocycles. The molecule has 0 aliphatic carbocycles. The average Bonchev–Trinajstić information content (AvgIpc) is 2.37. The van der Waals surface area contributed by atoms with Crippen LogP contribution in [0.25, 0.3) is 0 Å².